The molecule has 5 aliphatic carbocycles. The second-order valence-electron chi connectivity index (χ2n) is 26.6. The summed E-state index contributed by atoms with van der Waals surface area (Å²) in [6, 6.07) is 127. The first-order valence-corrected chi connectivity index (χ1v) is 33.5. The van der Waals surface area contributed by atoms with Gasteiger partial charge in [0.05, 0.1) is 5.41 Å². The van der Waals surface area contributed by atoms with Crippen molar-refractivity contribution in [1.82, 2.24) is 0 Å². The SMILES string of the molecule is c1ccc(-c2cc(-c3ccc(N(c4ccccc4)C45CC6CC(CC(C6)C4)C5)cc3)cc3ccccc23)cc1.c1ccc(-c2cc(-c3ccc(N(c4ccccc4)c4ccc(C5(c6ccccc6)c6ccccc6-c6ccccc65)cc4)cc3)cc3ccccc23)cc1. The van der Waals surface area contributed by atoms with Gasteiger partial charge in [-0.05, 0) is 241 Å². The largest absolute Gasteiger partial charge is 0.335 e. The highest BCUT2D eigenvalue weighted by Gasteiger charge is 2.54. The first-order chi connectivity index (χ1) is 46.0. The lowest BCUT2D eigenvalue weighted by Gasteiger charge is -2.61. The zero-order valence-corrected chi connectivity index (χ0v) is 52.3. The predicted octanol–water partition coefficient (Wildman–Crippen LogP) is 24.3. The third-order valence-corrected chi connectivity index (χ3v) is 21.0. The number of nitrogens with zero attached hydrogens (tertiary/aromatic N) is 2. The van der Waals surface area contributed by atoms with Gasteiger partial charge in [-0.25, -0.2) is 0 Å². The Bertz CT molecular complexity index is 4880. The smallest absolute Gasteiger partial charge is 0.0713 e. The van der Waals surface area contributed by atoms with E-state index in [2.05, 4.69) is 356 Å². The minimum atomic E-state index is -0.426. The van der Waals surface area contributed by atoms with Crippen LogP contribution in [0.5, 0.6) is 0 Å². The molecule has 14 aromatic rings. The van der Waals surface area contributed by atoms with Crippen molar-refractivity contribution in [2.75, 3.05) is 9.80 Å². The maximum absolute atomic E-state index is 2.75. The van der Waals surface area contributed by atoms with Crippen LogP contribution in [-0.4, -0.2) is 5.54 Å². The molecule has 2 heteroatoms. The number of fused-ring (bicyclic) bond motifs is 5. The zero-order chi connectivity index (χ0) is 61.7. The molecular formula is C91H72N2. The van der Waals surface area contributed by atoms with Crippen LogP contribution in [0, 0.1) is 17.8 Å². The Morgan fingerprint density at radius 1 is 0.247 bits per heavy atom. The Morgan fingerprint density at radius 2 is 0.591 bits per heavy atom. The Labute approximate surface area is 547 Å². The third kappa shape index (κ3) is 10.1. The Balaban J connectivity index is 0.000000149. The molecule has 0 aliphatic heterocycles. The summed E-state index contributed by atoms with van der Waals surface area (Å²) in [6.45, 7) is 0. The monoisotopic (exact) mass is 1190 g/mol. The second-order valence-corrected chi connectivity index (χ2v) is 26.6. The van der Waals surface area contributed by atoms with Crippen LogP contribution in [0.4, 0.5) is 28.4 Å². The van der Waals surface area contributed by atoms with Gasteiger partial charge in [-0.15, -0.1) is 0 Å². The van der Waals surface area contributed by atoms with Crippen molar-refractivity contribution in [2.45, 2.75) is 49.5 Å². The molecule has 2 nitrogen and oxygen atoms in total. The van der Waals surface area contributed by atoms with E-state index in [4.69, 9.17) is 0 Å². The van der Waals surface area contributed by atoms with E-state index in [1.165, 1.54) is 149 Å². The van der Waals surface area contributed by atoms with E-state index in [1.807, 2.05) is 0 Å². The van der Waals surface area contributed by atoms with Crippen LogP contribution in [0.1, 0.15) is 60.8 Å². The first-order valence-electron chi connectivity index (χ1n) is 33.5. The summed E-state index contributed by atoms with van der Waals surface area (Å²) in [6.07, 6.45) is 8.44. The third-order valence-electron chi connectivity index (χ3n) is 21.0. The van der Waals surface area contributed by atoms with Gasteiger partial charge < -0.3 is 9.80 Å². The number of hydrogen-bond acceptors (Lipinski definition) is 2. The summed E-state index contributed by atoms with van der Waals surface area (Å²) in [5, 5.41) is 5.10. The summed E-state index contributed by atoms with van der Waals surface area (Å²) in [4.78, 5) is 5.10. The molecule has 0 saturated heterocycles. The van der Waals surface area contributed by atoms with Crippen molar-refractivity contribution in [2.24, 2.45) is 17.8 Å². The van der Waals surface area contributed by atoms with Crippen LogP contribution >= 0.6 is 0 Å². The molecule has 4 fully saturated rings. The average Bonchev–Trinajstić information content (AvgIpc) is 1.59. The average molecular weight is 1190 g/mol. The minimum absolute atomic E-state index is 0.265. The van der Waals surface area contributed by atoms with E-state index in [9.17, 15) is 0 Å². The minimum Gasteiger partial charge on any atom is -0.335 e. The van der Waals surface area contributed by atoms with E-state index in [1.54, 1.807) is 0 Å². The molecule has 0 heterocycles. The molecule has 0 spiro atoms. The van der Waals surface area contributed by atoms with E-state index in [0.717, 1.165) is 34.8 Å². The lowest BCUT2D eigenvalue weighted by molar-refractivity contribution is 0.000556. The van der Waals surface area contributed by atoms with Crippen molar-refractivity contribution < 1.29 is 0 Å². The van der Waals surface area contributed by atoms with E-state index in [-0.39, 0.29) is 5.54 Å². The Hall–Kier alpha value is -10.8. The summed E-state index contributed by atoms with van der Waals surface area (Å²) in [7, 11) is 0. The van der Waals surface area contributed by atoms with Gasteiger partial charge in [0.25, 0.3) is 0 Å². The van der Waals surface area contributed by atoms with E-state index >= 15 is 0 Å². The molecule has 93 heavy (non-hydrogen) atoms. The summed E-state index contributed by atoms with van der Waals surface area (Å²) >= 11 is 0. The normalized spacial score (nSPS) is 17.9. The number of hydrogen-bond donors (Lipinski definition) is 0. The van der Waals surface area contributed by atoms with Crippen LogP contribution in [-0.2, 0) is 5.41 Å². The van der Waals surface area contributed by atoms with Crippen LogP contribution in [0.2, 0.25) is 0 Å². The molecule has 446 valence electrons. The standard InChI is InChI=1S/C53H37N.C38H35N/c1-4-16-39(17-5-1)50-37-41(36-40-18-10-11-23-47(40)50)38-28-32-45(33-29-38)54(44-21-8-3-9-22-44)46-34-30-43(31-35-46)53(42-19-6-2-7-20-42)51-26-14-12-24-48(51)49-25-13-15-27-52(49)53;1-3-9-31(10-4-1)37-23-33(22-32-11-7-8-14-36(32)37)30-15-17-35(18-16-30)39(34-12-5-2-6-13-34)38-24-27-19-28(25-38)21-29(20-27)26-38/h1-37H;1-18,22-23,27-29H,19-21,24-26H2. The summed E-state index contributed by atoms with van der Waals surface area (Å²) in [5.41, 5.74) is 23.6. The van der Waals surface area contributed by atoms with Gasteiger partial charge in [-0.1, -0.05) is 261 Å². The van der Waals surface area contributed by atoms with Crippen molar-refractivity contribution in [3.8, 4) is 55.6 Å². The van der Waals surface area contributed by atoms with Gasteiger partial charge in [-0.3, -0.25) is 0 Å². The zero-order valence-electron chi connectivity index (χ0n) is 52.3. The fourth-order valence-electron chi connectivity index (χ4n) is 17.5. The van der Waals surface area contributed by atoms with Crippen molar-refractivity contribution in [3.05, 3.63) is 368 Å². The number of rotatable bonds is 12. The van der Waals surface area contributed by atoms with Crippen molar-refractivity contribution in [1.29, 1.82) is 0 Å². The highest BCUT2D eigenvalue weighted by atomic mass is 15.2. The van der Waals surface area contributed by atoms with Gasteiger partial charge in [0.2, 0.25) is 0 Å². The lowest BCUT2D eigenvalue weighted by atomic mass is 9.52. The van der Waals surface area contributed by atoms with Crippen molar-refractivity contribution >= 4 is 50.0 Å². The second kappa shape index (κ2) is 23.8. The lowest BCUT2D eigenvalue weighted by Crippen LogP contribution is -2.58. The van der Waals surface area contributed by atoms with Crippen LogP contribution in [0.25, 0.3) is 77.2 Å². The molecule has 0 unspecified atom stereocenters. The van der Waals surface area contributed by atoms with Gasteiger partial charge in [0.15, 0.2) is 0 Å². The number of para-hydroxylation sites is 2. The van der Waals surface area contributed by atoms with Gasteiger partial charge in [-0.2, -0.15) is 0 Å². The van der Waals surface area contributed by atoms with E-state index in [0.29, 0.717) is 0 Å². The molecule has 4 bridgehead atoms. The molecule has 14 aromatic carbocycles. The molecule has 4 saturated carbocycles. The summed E-state index contributed by atoms with van der Waals surface area (Å²) < 4.78 is 0. The predicted molar refractivity (Wildman–Crippen MR) is 391 cm³/mol. The maximum atomic E-state index is 2.75. The number of benzene rings is 14. The molecule has 0 radical (unpaired) electrons. The van der Waals surface area contributed by atoms with Crippen LogP contribution in [0.15, 0.2) is 346 Å². The highest BCUT2D eigenvalue weighted by molar-refractivity contribution is 6.02. The Kier molecular flexibility index (Phi) is 14.4. The van der Waals surface area contributed by atoms with Gasteiger partial charge in [0.1, 0.15) is 0 Å². The summed E-state index contributed by atoms with van der Waals surface area (Å²) in [5.74, 6) is 2.74. The van der Waals surface area contributed by atoms with Crippen LogP contribution < -0.4 is 9.80 Å². The fraction of sp³-hybridized carbons (Fsp3) is 0.121. The molecule has 19 rings (SSSR count). The fourth-order valence-corrected chi connectivity index (χ4v) is 17.5. The van der Waals surface area contributed by atoms with Gasteiger partial charge >= 0.3 is 0 Å². The number of anilines is 5. The molecule has 0 N–H and O–H groups in total. The maximum Gasteiger partial charge on any atom is 0.0713 e. The molecule has 5 aliphatic rings. The molecule has 0 atom stereocenters. The quantitative estimate of drug-likeness (QED) is 0.120. The van der Waals surface area contributed by atoms with E-state index < -0.39 is 5.41 Å². The van der Waals surface area contributed by atoms with Crippen LogP contribution in [0.3, 0.4) is 0 Å². The molecule has 0 aromatic heterocycles. The van der Waals surface area contributed by atoms with Gasteiger partial charge in [0, 0.05) is 34.0 Å². The molecular weight excluding hydrogens is 1120 g/mol. The molecule has 0 amide bonds. The first kappa shape index (κ1) is 56.2. The van der Waals surface area contributed by atoms with Crippen molar-refractivity contribution in [3.63, 3.8) is 0 Å². The topological polar surface area (TPSA) is 6.48 Å². The highest BCUT2D eigenvalue weighted by Crippen LogP contribution is 2.61. The Morgan fingerprint density at radius 3 is 1.06 bits per heavy atom.